The fourth-order valence-corrected chi connectivity index (χ4v) is 4.43. The fourth-order valence-electron chi connectivity index (χ4n) is 4.25. The molecule has 0 spiro atoms. The Morgan fingerprint density at radius 2 is 1.65 bits per heavy atom. The summed E-state index contributed by atoms with van der Waals surface area (Å²) in [5.41, 5.74) is -0.396. The van der Waals surface area contributed by atoms with Crippen molar-refractivity contribution in [2.75, 3.05) is 13.7 Å². The Morgan fingerprint density at radius 1 is 1.00 bits per heavy atom. The van der Waals surface area contributed by atoms with Crippen LogP contribution in [0.3, 0.4) is 0 Å². The number of hydrogen-bond acceptors (Lipinski definition) is 5. The molecule has 3 aromatic rings. The molecule has 0 N–H and O–H groups in total. The summed E-state index contributed by atoms with van der Waals surface area (Å²) in [7, 11) is 1.40. The minimum absolute atomic E-state index is 0.134. The van der Waals surface area contributed by atoms with Gasteiger partial charge in [-0.25, -0.2) is 0 Å². The number of ketones is 2. The number of benzene rings is 2. The number of carbonyl (C=O) groups excluding carboxylic acids is 2. The van der Waals surface area contributed by atoms with Crippen molar-refractivity contribution < 1.29 is 32.2 Å². The first-order valence-corrected chi connectivity index (χ1v) is 12.9. The fraction of sp³-hybridized carbons (Fsp3) is 0.367. The average Bonchev–Trinajstić information content (AvgIpc) is 2.85. The molecule has 1 atom stereocenters. The van der Waals surface area contributed by atoms with Crippen molar-refractivity contribution in [3.05, 3.63) is 86.8 Å². The van der Waals surface area contributed by atoms with Crippen LogP contribution in [0, 0.1) is 0 Å². The molecule has 0 aliphatic rings. The van der Waals surface area contributed by atoms with Crippen molar-refractivity contribution in [1.29, 1.82) is 0 Å². The molecule has 6 nitrogen and oxygen atoms in total. The largest absolute Gasteiger partial charge is 0.495 e. The van der Waals surface area contributed by atoms with E-state index in [9.17, 15) is 27.6 Å². The molecule has 10 heteroatoms. The van der Waals surface area contributed by atoms with Crippen LogP contribution in [0.5, 0.6) is 5.75 Å². The zero-order valence-corrected chi connectivity index (χ0v) is 23.7. The quantitative estimate of drug-likeness (QED) is 0.244. The predicted molar refractivity (Wildman–Crippen MR) is 147 cm³/mol. The number of ether oxygens (including phenoxy) is 2. The van der Waals surface area contributed by atoms with Crippen molar-refractivity contribution in [3.63, 3.8) is 0 Å². The van der Waals surface area contributed by atoms with E-state index >= 15 is 0 Å². The molecule has 0 bridgehead atoms. The van der Waals surface area contributed by atoms with Gasteiger partial charge in [0, 0.05) is 35.2 Å². The Bertz CT molecular complexity index is 1440. The second-order valence-electron chi connectivity index (χ2n) is 10.4. The molecular formula is C30H31ClF3NO5. The van der Waals surface area contributed by atoms with Gasteiger partial charge in [0.15, 0.2) is 11.6 Å². The lowest BCUT2D eigenvalue weighted by atomic mass is 9.96. The second-order valence-corrected chi connectivity index (χ2v) is 10.8. The highest BCUT2D eigenvalue weighted by atomic mass is 35.5. The Hall–Kier alpha value is -3.43. The molecule has 1 unspecified atom stereocenters. The SMILES string of the molecule is COc1cn(C(CCOC(C)(C)C)C(=O)Cc2ccc(C(F)(F)F)cc2)c(=O)cc1-c1cc(Cl)ccc1C(C)=O. The first-order valence-electron chi connectivity index (χ1n) is 12.5. The number of halogens is 4. The average molecular weight is 578 g/mol. The molecule has 214 valence electrons. The van der Waals surface area contributed by atoms with Crippen LogP contribution in [0.2, 0.25) is 5.02 Å². The van der Waals surface area contributed by atoms with Crippen LogP contribution in [0.25, 0.3) is 11.1 Å². The highest BCUT2D eigenvalue weighted by Crippen LogP contribution is 2.34. The van der Waals surface area contributed by atoms with Crippen molar-refractivity contribution in [1.82, 2.24) is 4.57 Å². The molecule has 1 heterocycles. The third kappa shape index (κ3) is 7.82. The van der Waals surface area contributed by atoms with Crippen LogP contribution in [0.4, 0.5) is 13.2 Å². The monoisotopic (exact) mass is 577 g/mol. The van der Waals surface area contributed by atoms with E-state index in [0.717, 1.165) is 12.1 Å². The van der Waals surface area contributed by atoms with E-state index in [-0.39, 0.29) is 36.8 Å². The van der Waals surface area contributed by atoms with Gasteiger partial charge in [0.1, 0.15) is 5.75 Å². The van der Waals surface area contributed by atoms with Gasteiger partial charge in [-0.2, -0.15) is 13.2 Å². The Kier molecular flexibility index (Phi) is 9.64. The van der Waals surface area contributed by atoms with Crippen molar-refractivity contribution in [2.45, 2.75) is 58.4 Å². The van der Waals surface area contributed by atoms with Gasteiger partial charge in [0.25, 0.3) is 5.56 Å². The topological polar surface area (TPSA) is 74.6 Å². The van der Waals surface area contributed by atoms with Gasteiger partial charge in [0.05, 0.1) is 30.5 Å². The van der Waals surface area contributed by atoms with Gasteiger partial charge in [-0.05, 0) is 75.6 Å². The number of methoxy groups -OCH3 is 1. The molecular weight excluding hydrogens is 547 g/mol. The van der Waals surface area contributed by atoms with Crippen molar-refractivity contribution >= 4 is 23.2 Å². The van der Waals surface area contributed by atoms with Crippen molar-refractivity contribution in [3.8, 4) is 16.9 Å². The number of hydrogen-bond donors (Lipinski definition) is 0. The van der Waals surface area contributed by atoms with Gasteiger partial charge >= 0.3 is 6.18 Å². The maximum absolute atomic E-state index is 13.5. The number of rotatable bonds is 10. The molecule has 0 radical (unpaired) electrons. The minimum Gasteiger partial charge on any atom is -0.495 e. The molecule has 0 saturated carbocycles. The van der Waals surface area contributed by atoms with E-state index in [2.05, 4.69) is 0 Å². The zero-order chi connectivity index (χ0) is 29.8. The molecule has 3 rings (SSSR count). The highest BCUT2D eigenvalue weighted by Gasteiger charge is 2.30. The summed E-state index contributed by atoms with van der Waals surface area (Å²) in [6, 6.07) is 9.31. The zero-order valence-electron chi connectivity index (χ0n) is 22.9. The lowest BCUT2D eigenvalue weighted by Crippen LogP contribution is -2.32. The second kappa shape index (κ2) is 12.4. The molecule has 40 heavy (non-hydrogen) atoms. The first-order chi connectivity index (χ1) is 18.6. The predicted octanol–water partition coefficient (Wildman–Crippen LogP) is 6.96. The minimum atomic E-state index is -4.49. The molecule has 0 amide bonds. The van der Waals surface area contributed by atoms with E-state index in [1.807, 2.05) is 20.8 Å². The lowest BCUT2D eigenvalue weighted by molar-refractivity contribution is -0.137. The van der Waals surface area contributed by atoms with E-state index < -0.39 is 28.9 Å². The number of pyridine rings is 1. The van der Waals surface area contributed by atoms with Crippen LogP contribution in [-0.2, 0) is 22.1 Å². The Balaban J connectivity index is 2.04. The molecule has 1 aromatic heterocycles. The van der Waals surface area contributed by atoms with Gasteiger partial charge in [-0.1, -0.05) is 23.7 Å². The summed E-state index contributed by atoms with van der Waals surface area (Å²) in [4.78, 5) is 39.2. The summed E-state index contributed by atoms with van der Waals surface area (Å²) in [5, 5.41) is 0.357. The third-order valence-electron chi connectivity index (χ3n) is 6.21. The number of nitrogens with zero attached hydrogens (tertiary/aromatic N) is 1. The molecule has 0 fully saturated rings. The van der Waals surface area contributed by atoms with Crippen LogP contribution in [-0.4, -0.2) is 35.5 Å². The number of alkyl halides is 3. The maximum atomic E-state index is 13.5. The molecule has 2 aromatic carbocycles. The Morgan fingerprint density at radius 3 is 2.20 bits per heavy atom. The summed E-state index contributed by atoms with van der Waals surface area (Å²) < 4.78 is 51.5. The van der Waals surface area contributed by atoms with Crippen LogP contribution in [0.1, 0.15) is 61.6 Å². The van der Waals surface area contributed by atoms with Crippen molar-refractivity contribution in [2.24, 2.45) is 0 Å². The van der Waals surface area contributed by atoms with Gasteiger partial charge in [-0.15, -0.1) is 0 Å². The summed E-state index contributed by atoms with van der Waals surface area (Å²) in [5.74, 6) is -0.392. The summed E-state index contributed by atoms with van der Waals surface area (Å²) in [6.45, 7) is 7.10. The van der Waals surface area contributed by atoms with Crippen LogP contribution < -0.4 is 10.3 Å². The summed E-state index contributed by atoms with van der Waals surface area (Å²) in [6.07, 6.45) is -3.16. The standard InChI is InChI=1S/C30H31ClF3NO5/c1-18(36)22-11-10-21(31)15-23(22)24-16-28(38)35(17-27(24)39-5)25(12-13-40-29(2,3)4)26(37)14-19-6-8-20(9-7-19)30(32,33)34/h6-11,15-17,25H,12-14H2,1-5H3. The lowest BCUT2D eigenvalue weighted by Gasteiger charge is -2.24. The number of Topliss-reactive ketones (excluding diaryl/α,β-unsaturated/α-hetero) is 2. The smallest absolute Gasteiger partial charge is 0.416 e. The van der Waals surface area contributed by atoms with E-state index in [1.54, 1.807) is 18.2 Å². The normalized spacial score (nSPS) is 12.7. The molecule has 0 saturated heterocycles. The van der Waals surface area contributed by atoms with Gasteiger partial charge < -0.3 is 14.0 Å². The van der Waals surface area contributed by atoms with E-state index in [4.69, 9.17) is 21.1 Å². The number of carbonyl (C=O) groups is 2. The number of aromatic nitrogens is 1. The van der Waals surface area contributed by atoms with E-state index in [1.165, 1.54) is 43.0 Å². The highest BCUT2D eigenvalue weighted by molar-refractivity contribution is 6.31. The summed E-state index contributed by atoms with van der Waals surface area (Å²) >= 11 is 6.18. The van der Waals surface area contributed by atoms with E-state index in [0.29, 0.717) is 27.3 Å². The van der Waals surface area contributed by atoms with Crippen LogP contribution in [0.15, 0.2) is 59.5 Å². The van der Waals surface area contributed by atoms with Gasteiger partial charge in [-0.3, -0.25) is 14.4 Å². The third-order valence-corrected chi connectivity index (χ3v) is 6.44. The Labute approximate surface area is 235 Å². The van der Waals surface area contributed by atoms with Crippen LogP contribution >= 0.6 is 11.6 Å². The van der Waals surface area contributed by atoms with Gasteiger partial charge in [0.2, 0.25) is 0 Å². The molecule has 0 aliphatic heterocycles. The first kappa shape index (κ1) is 31.1. The molecule has 0 aliphatic carbocycles. The maximum Gasteiger partial charge on any atom is 0.416 e.